The molecule has 3 rings (SSSR count). The molecule has 1 fully saturated rings. The molecule has 0 amide bonds. The van der Waals surface area contributed by atoms with Crippen LogP contribution in [0.15, 0.2) is 53.9 Å². The Morgan fingerprint density at radius 3 is 2.81 bits per heavy atom. The molecule has 1 saturated heterocycles. The van der Waals surface area contributed by atoms with Crippen LogP contribution in [0.2, 0.25) is 0 Å². The number of likely N-dealkylation sites (tertiary alicyclic amines) is 1. The van der Waals surface area contributed by atoms with Gasteiger partial charge in [-0.25, -0.2) is 4.99 Å². The van der Waals surface area contributed by atoms with Crippen LogP contribution in [0.25, 0.3) is 5.57 Å². The van der Waals surface area contributed by atoms with Crippen molar-refractivity contribution in [3.05, 3.63) is 60.1 Å². The molecule has 0 radical (unpaired) electrons. The molecule has 0 bridgehead atoms. The molecule has 1 N–H and O–H groups in total. The number of aliphatic imine (C=N–C) groups is 1. The monoisotopic (exact) mass is 366 g/mol. The van der Waals surface area contributed by atoms with Crippen LogP contribution < -0.4 is 5.32 Å². The van der Waals surface area contributed by atoms with E-state index >= 15 is 0 Å². The van der Waals surface area contributed by atoms with Crippen molar-refractivity contribution in [3.8, 4) is 0 Å². The molecular formula is C23H34N4. The number of anilines is 1. The van der Waals surface area contributed by atoms with Crippen molar-refractivity contribution in [2.45, 2.75) is 32.6 Å². The maximum Gasteiger partial charge on any atom is 0.140 e. The highest BCUT2D eigenvalue weighted by atomic mass is 15.2. The normalized spacial score (nSPS) is 19.2. The molecule has 1 aromatic rings. The van der Waals surface area contributed by atoms with Gasteiger partial charge in [0.15, 0.2) is 0 Å². The van der Waals surface area contributed by atoms with Crippen LogP contribution in [-0.2, 0) is 0 Å². The summed E-state index contributed by atoms with van der Waals surface area (Å²) in [5.41, 5.74) is 5.73. The van der Waals surface area contributed by atoms with E-state index in [2.05, 4.69) is 66.1 Å². The Morgan fingerprint density at radius 1 is 1.33 bits per heavy atom. The van der Waals surface area contributed by atoms with Gasteiger partial charge in [-0.2, -0.15) is 0 Å². The largest absolute Gasteiger partial charge is 0.388 e. The lowest BCUT2D eigenvalue weighted by molar-refractivity contribution is 0.336. The fourth-order valence-electron chi connectivity index (χ4n) is 3.79. The fraction of sp³-hybridized carbons (Fsp3) is 0.435. The van der Waals surface area contributed by atoms with Crippen LogP contribution in [0.3, 0.4) is 0 Å². The van der Waals surface area contributed by atoms with E-state index < -0.39 is 0 Å². The standard InChI is InChI=1S/C23H32N4.H2/c1-5-21(22-17-20(24-3)11-10-18(22)2)23-25-19(12-16-26(23)4)9-8-15-27-13-6-7-14-27;/h5,10-12,16-17,24H,1,6-9,13-15H2,2-4H3;1H/b23-21+;. The number of hydrogen-bond donors (Lipinski definition) is 1. The first kappa shape index (κ1) is 19.4. The second-order valence-corrected chi connectivity index (χ2v) is 7.40. The molecule has 27 heavy (non-hydrogen) atoms. The minimum atomic E-state index is 0. The fourth-order valence-corrected chi connectivity index (χ4v) is 3.79. The maximum absolute atomic E-state index is 5.00. The molecule has 0 unspecified atom stereocenters. The summed E-state index contributed by atoms with van der Waals surface area (Å²) >= 11 is 0. The summed E-state index contributed by atoms with van der Waals surface area (Å²) in [5, 5.41) is 3.23. The van der Waals surface area contributed by atoms with Crippen LogP contribution in [0.1, 0.15) is 38.2 Å². The highest BCUT2D eigenvalue weighted by Crippen LogP contribution is 2.29. The molecule has 2 aliphatic rings. The van der Waals surface area contributed by atoms with E-state index in [1.807, 2.05) is 13.1 Å². The van der Waals surface area contributed by atoms with Gasteiger partial charge >= 0.3 is 0 Å². The van der Waals surface area contributed by atoms with Gasteiger partial charge in [-0.1, -0.05) is 18.7 Å². The zero-order valence-corrected chi connectivity index (χ0v) is 17.0. The quantitative estimate of drug-likeness (QED) is 0.743. The highest BCUT2D eigenvalue weighted by Gasteiger charge is 2.16. The summed E-state index contributed by atoms with van der Waals surface area (Å²) in [7, 11) is 4.00. The Bertz CT molecular complexity index is 773. The topological polar surface area (TPSA) is 30.9 Å². The van der Waals surface area contributed by atoms with Gasteiger partial charge in [0, 0.05) is 38.7 Å². The van der Waals surface area contributed by atoms with Gasteiger partial charge in [0.2, 0.25) is 0 Å². The SMILES string of the molecule is C=C/C(=C1/N=C(CCCN2CCCC2)C=CN1C)c1cc(NC)ccc1C.[HH]. The van der Waals surface area contributed by atoms with E-state index in [9.17, 15) is 0 Å². The predicted octanol–water partition coefficient (Wildman–Crippen LogP) is 4.91. The molecule has 0 atom stereocenters. The van der Waals surface area contributed by atoms with E-state index in [1.54, 1.807) is 0 Å². The second kappa shape index (κ2) is 9.05. The molecule has 146 valence electrons. The minimum absolute atomic E-state index is 0. The summed E-state index contributed by atoms with van der Waals surface area (Å²) in [6, 6.07) is 6.42. The molecule has 0 aromatic heterocycles. The van der Waals surface area contributed by atoms with Crippen molar-refractivity contribution in [2.24, 2.45) is 4.99 Å². The molecule has 0 saturated carbocycles. The zero-order chi connectivity index (χ0) is 19.2. The minimum Gasteiger partial charge on any atom is -0.388 e. The van der Waals surface area contributed by atoms with Crippen LogP contribution >= 0.6 is 0 Å². The van der Waals surface area contributed by atoms with E-state index in [-0.39, 0.29) is 1.43 Å². The molecule has 1 aromatic carbocycles. The smallest absolute Gasteiger partial charge is 0.140 e. The average molecular weight is 367 g/mol. The van der Waals surface area contributed by atoms with Crippen LogP contribution in [-0.4, -0.2) is 49.2 Å². The van der Waals surface area contributed by atoms with E-state index in [0.717, 1.165) is 35.6 Å². The average Bonchev–Trinajstić information content (AvgIpc) is 3.19. The van der Waals surface area contributed by atoms with E-state index in [1.165, 1.54) is 43.6 Å². The number of hydrogen-bond acceptors (Lipinski definition) is 4. The Hall–Kier alpha value is -2.33. The number of allylic oxidation sites excluding steroid dienone is 3. The van der Waals surface area contributed by atoms with E-state index in [4.69, 9.17) is 4.99 Å². The lowest BCUT2D eigenvalue weighted by Crippen LogP contribution is -2.22. The van der Waals surface area contributed by atoms with Crippen molar-refractivity contribution in [3.63, 3.8) is 0 Å². The van der Waals surface area contributed by atoms with Gasteiger partial charge in [-0.05, 0) is 81.6 Å². The van der Waals surface area contributed by atoms with Crippen molar-refractivity contribution in [2.75, 3.05) is 39.0 Å². The van der Waals surface area contributed by atoms with Crippen LogP contribution in [0.5, 0.6) is 0 Å². The van der Waals surface area contributed by atoms with Gasteiger partial charge in [-0.15, -0.1) is 0 Å². The molecule has 2 aliphatic heterocycles. The summed E-state index contributed by atoms with van der Waals surface area (Å²) in [4.78, 5) is 9.65. The molecule has 4 nitrogen and oxygen atoms in total. The summed E-state index contributed by atoms with van der Waals surface area (Å²) in [6.45, 7) is 9.92. The lowest BCUT2D eigenvalue weighted by atomic mass is 9.99. The Kier molecular flexibility index (Phi) is 6.51. The Balaban J connectivity index is 0.00000280. The number of nitrogens with zero attached hydrogens (tertiary/aromatic N) is 3. The van der Waals surface area contributed by atoms with Gasteiger partial charge < -0.3 is 15.1 Å². The predicted molar refractivity (Wildman–Crippen MR) is 119 cm³/mol. The Morgan fingerprint density at radius 2 is 2.11 bits per heavy atom. The molecule has 4 heteroatoms. The third kappa shape index (κ3) is 4.69. The Labute approximate surface area is 165 Å². The first-order chi connectivity index (χ1) is 13.1. The molecule has 0 spiro atoms. The first-order valence-electron chi connectivity index (χ1n) is 9.99. The van der Waals surface area contributed by atoms with Gasteiger partial charge in [-0.3, -0.25) is 0 Å². The number of aryl methyl sites for hydroxylation is 1. The van der Waals surface area contributed by atoms with Crippen molar-refractivity contribution in [1.29, 1.82) is 0 Å². The number of rotatable bonds is 7. The number of nitrogens with one attached hydrogen (secondary N) is 1. The zero-order valence-electron chi connectivity index (χ0n) is 17.0. The van der Waals surface area contributed by atoms with Gasteiger partial charge in [0.05, 0.1) is 0 Å². The third-order valence-electron chi connectivity index (χ3n) is 5.44. The summed E-state index contributed by atoms with van der Waals surface area (Å²) < 4.78 is 0. The maximum atomic E-state index is 5.00. The van der Waals surface area contributed by atoms with Gasteiger partial charge in [0.1, 0.15) is 5.82 Å². The van der Waals surface area contributed by atoms with Crippen molar-refractivity contribution in [1.82, 2.24) is 9.80 Å². The van der Waals surface area contributed by atoms with Crippen LogP contribution in [0.4, 0.5) is 5.69 Å². The summed E-state index contributed by atoms with van der Waals surface area (Å²) in [5.74, 6) is 0.972. The highest BCUT2D eigenvalue weighted by molar-refractivity contribution is 5.97. The summed E-state index contributed by atoms with van der Waals surface area (Å²) in [6.07, 6.45) is 11.1. The lowest BCUT2D eigenvalue weighted by Gasteiger charge is -2.24. The van der Waals surface area contributed by atoms with Crippen LogP contribution in [0, 0.1) is 6.92 Å². The molecular weight excluding hydrogens is 332 g/mol. The molecule has 2 heterocycles. The number of benzene rings is 1. The molecule has 0 aliphatic carbocycles. The first-order valence-corrected chi connectivity index (χ1v) is 9.99. The van der Waals surface area contributed by atoms with Gasteiger partial charge in [0.25, 0.3) is 0 Å². The third-order valence-corrected chi connectivity index (χ3v) is 5.44. The second-order valence-electron chi connectivity index (χ2n) is 7.40. The van der Waals surface area contributed by atoms with Crippen molar-refractivity contribution >= 4 is 17.0 Å². The van der Waals surface area contributed by atoms with Crippen molar-refractivity contribution < 1.29 is 1.43 Å². The van der Waals surface area contributed by atoms with E-state index in [0.29, 0.717) is 0 Å².